The molecule has 2 atom stereocenters. The van der Waals surface area contributed by atoms with Gasteiger partial charge in [0.2, 0.25) is 10.0 Å². The summed E-state index contributed by atoms with van der Waals surface area (Å²) in [5.41, 5.74) is 1.00. The number of ether oxygens (including phenoxy) is 2. The summed E-state index contributed by atoms with van der Waals surface area (Å²) >= 11 is 0. The number of hydrogen-bond acceptors (Lipinski definition) is 6. The number of hydrogen-bond donors (Lipinski definition) is 1. The Kier molecular flexibility index (Phi) is 7.09. The Morgan fingerprint density at radius 3 is 2.43 bits per heavy atom. The zero-order valence-corrected chi connectivity index (χ0v) is 17.8. The van der Waals surface area contributed by atoms with Crippen LogP contribution in [0.5, 0.6) is 5.75 Å². The lowest BCUT2D eigenvalue weighted by Crippen LogP contribution is -2.54. The number of sulfonamides is 1. The van der Waals surface area contributed by atoms with Crippen molar-refractivity contribution < 1.29 is 27.9 Å². The van der Waals surface area contributed by atoms with Gasteiger partial charge in [0.05, 0.1) is 11.0 Å². The van der Waals surface area contributed by atoms with Crippen LogP contribution < -0.4 is 4.74 Å². The van der Waals surface area contributed by atoms with E-state index in [1.807, 2.05) is 30.3 Å². The maximum atomic E-state index is 13.2. The fourth-order valence-electron chi connectivity index (χ4n) is 3.44. The van der Waals surface area contributed by atoms with Gasteiger partial charge in [0.15, 0.2) is 0 Å². The topological polar surface area (TPSA) is 96.4 Å². The van der Waals surface area contributed by atoms with Crippen molar-refractivity contribution in [2.24, 2.45) is 0 Å². The van der Waals surface area contributed by atoms with Gasteiger partial charge in [-0.2, -0.15) is 4.31 Å². The van der Waals surface area contributed by atoms with Crippen molar-refractivity contribution in [3.63, 3.8) is 0 Å². The Bertz CT molecular complexity index is 947. The van der Waals surface area contributed by atoms with Gasteiger partial charge in [-0.1, -0.05) is 30.3 Å². The predicted octanol–water partition coefficient (Wildman–Crippen LogP) is 2.28. The molecule has 30 heavy (non-hydrogen) atoms. The zero-order chi connectivity index (χ0) is 21.7. The quantitative estimate of drug-likeness (QED) is 0.531. The Labute approximate surface area is 176 Å². The summed E-state index contributed by atoms with van der Waals surface area (Å²) < 4.78 is 38.6. The first kappa shape index (κ1) is 22.2. The molecule has 1 N–H and O–H groups in total. The normalized spacial score (nSPS) is 20.0. The first-order valence-electron chi connectivity index (χ1n) is 9.61. The molecule has 9 heteroatoms. The second-order valence-corrected chi connectivity index (χ2v) is 9.01. The second-order valence-electron chi connectivity index (χ2n) is 7.12. The molecule has 2 unspecified atom stereocenters. The third-order valence-corrected chi connectivity index (χ3v) is 7.04. The molecule has 0 saturated carbocycles. The molecule has 2 aromatic rings. The van der Waals surface area contributed by atoms with E-state index >= 15 is 0 Å². The highest BCUT2D eigenvalue weighted by Crippen LogP contribution is 2.28. The molecule has 0 radical (unpaired) electrons. The lowest BCUT2D eigenvalue weighted by molar-refractivity contribution is -0.166. The number of carbonyl (C=O) groups excluding carboxylic acids is 1. The number of benzene rings is 2. The van der Waals surface area contributed by atoms with Crippen LogP contribution in [0, 0.1) is 0 Å². The van der Waals surface area contributed by atoms with Gasteiger partial charge in [-0.3, -0.25) is 10.0 Å². The number of amides is 1. The van der Waals surface area contributed by atoms with Gasteiger partial charge in [-0.05, 0) is 42.7 Å². The average molecular weight is 435 g/mol. The van der Waals surface area contributed by atoms with E-state index in [0.717, 1.165) is 9.87 Å². The minimum atomic E-state index is -3.94. The summed E-state index contributed by atoms with van der Waals surface area (Å²) in [6, 6.07) is 14.7. The van der Waals surface area contributed by atoms with E-state index in [1.165, 1.54) is 26.3 Å². The van der Waals surface area contributed by atoms with Crippen LogP contribution in [0.4, 0.5) is 0 Å². The third kappa shape index (κ3) is 4.99. The van der Waals surface area contributed by atoms with Crippen LogP contribution in [-0.4, -0.2) is 61.7 Å². The van der Waals surface area contributed by atoms with Gasteiger partial charge in [-0.15, -0.1) is 0 Å². The number of likely N-dealkylation sites (N-methyl/N-ethyl adjacent to an activating group) is 1. The van der Waals surface area contributed by atoms with E-state index in [9.17, 15) is 18.4 Å². The zero-order valence-electron chi connectivity index (χ0n) is 17.0. The summed E-state index contributed by atoms with van der Waals surface area (Å²) in [6.07, 6.45) is 0.393. The van der Waals surface area contributed by atoms with Crippen LogP contribution in [-0.2, 0) is 26.2 Å². The van der Waals surface area contributed by atoms with E-state index < -0.39 is 22.0 Å². The monoisotopic (exact) mass is 434 g/mol. The van der Waals surface area contributed by atoms with Gasteiger partial charge >= 0.3 is 0 Å². The van der Waals surface area contributed by atoms with Crippen molar-refractivity contribution in [3.05, 3.63) is 60.2 Å². The van der Waals surface area contributed by atoms with Gasteiger partial charge in [0.25, 0.3) is 5.91 Å². The number of carbonyl (C=O) groups is 1. The van der Waals surface area contributed by atoms with Crippen molar-refractivity contribution in [2.45, 2.75) is 36.5 Å². The molecule has 2 aromatic carbocycles. The lowest BCUT2D eigenvalue weighted by atomic mass is 10.0. The third-order valence-electron chi connectivity index (χ3n) is 5.12. The highest BCUT2D eigenvalue weighted by Gasteiger charge is 2.41. The fraction of sp³-hybridized carbons (Fsp3) is 0.381. The minimum Gasteiger partial charge on any atom is -0.489 e. The van der Waals surface area contributed by atoms with E-state index in [4.69, 9.17) is 9.47 Å². The van der Waals surface area contributed by atoms with E-state index in [1.54, 1.807) is 12.1 Å². The highest BCUT2D eigenvalue weighted by atomic mass is 32.2. The number of hydroxylamine groups is 2. The average Bonchev–Trinajstić information content (AvgIpc) is 2.77. The predicted molar refractivity (Wildman–Crippen MR) is 109 cm³/mol. The van der Waals surface area contributed by atoms with E-state index in [2.05, 4.69) is 0 Å². The van der Waals surface area contributed by atoms with Crippen molar-refractivity contribution >= 4 is 15.9 Å². The smallest absolute Gasteiger partial charge is 0.264 e. The molecule has 0 spiro atoms. The Balaban J connectivity index is 1.76. The standard InChI is InChI=1S/C21H26N2O6S/c1-22(25)21(24)20-14-18(28-2)12-13-23(20)30(26,27)19-10-8-17(9-11-19)29-15-16-6-4-3-5-7-16/h3-11,18,20,25H,12-15H2,1-2H3. The maximum Gasteiger partial charge on any atom is 0.264 e. The van der Waals surface area contributed by atoms with Crippen LogP contribution in [0.25, 0.3) is 0 Å². The summed E-state index contributed by atoms with van der Waals surface area (Å²) in [5.74, 6) is -0.151. The lowest BCUT2D eigenvalue weighted by Gasteiger charge is -2.37. The fourth-order valence-corrected chi connectivity index (χ4v) is 5.04. The van der Waals surface area contributed by atoms with Crippen LogP contribution in [0.2, 0.25) is 0 Å². The molecule has 3 rings (SSSR count). The first-order valence-corrected chi connectivity index (χ1v) is 11.0. The molecule has 1 heterocycles. The van der Waals surface area contributed by atoms with Gasteiger partial charge < -0.3 is 9.47 Å². The molecule has 8 nitrogen and oxygen atoms in total. The molecular formula is C21H26N2O6S. The van der Waals surface area contributed by atoms with Crippen LogP contribution >= 0.6 is 0 Å². The molecular weight excluding hydrogens is 408 g/mol. The minimum absolute atomic E-state index is 0.0591. The number of piperidine rings is 1. The van der Waals surface area contributed by atoms with Crippen molar-refractivity contribution in [1.29, 1.82) is 0 Å². The second kappa shape index (κ2) is 9.57. The van der Waals surface area contributed by atoms with Gasteiger partial charge in [0.1, 0.15) is 18.4 Å². The number of nitrogens with zero attached hydrogens (tertiary/aromatic N) is 2. The van der Waals surface area contributed by atoms with Crippen LogP contribution in [0.1, 0.15) is 18.4 Å². The molecule has 0 bridgehead atoms. The van der Waals surface area contributed by atoms with Crippen molar-refractivity contribution in [1.82, 2.24) is 9.37 Å². The number of rotatable bonds is 7. The molecule has 1 saturated heterocycles. The summed E-state index contributed by atoms with van der Waals surface area (Å²) in [6.45, 7) is 0.494. The molecule has 1 fully saturated rings. The maximum absolute atomic E-state index is 13.2. The van der Waals surface area contributed by atoms with Gasteiger partial charge in [-0.25, -0.2) is 13.5 Å². The molecule has 0 aromatic heterocycles. The number of methoxy groups -OCH3 is 1. The molecule has 162 valence electrons. The summed E-state index contributed by atoms with van der Waals surface area (Å²) in [7, 11) is -1.24. The Hall–Kier alpha value is -2.46. The Morgan fingerprint density at radius 1 is 1.17 bits per heavy atom. The van der Waals surface area contributed by atoms with Crippen LogP contribution in [0.3, 0.4) is 0 Å². The molecule has 1 amide bonds. The highest BCUT2D eigenvalue weighted by molar-refractivity contribution is 7.89. The summed E-state index contributed by atoms with van der Waals surface area (Å²) in [4.78, 5) is 12.5. The van der Waals surface area contributed by atoms with Gasteiger partial charge in [0, 0.05) is 20.7 Å². The first-order chi connectivity index (χ1) is 14.3. The molecule has 1 aliphatic rings. The van der Waals surface area contributed by atoms with Crippen LogP contribution in [0.15, 0.2) is 59.5 Å². The summed E-state index contributed by atoms with van der Waals surface area (Å²) in [5, 5.41) is 10.0. The Morgan fingerprint density at radius 2 is 1.83 bits per heavy atom. The van der Waals surface area contributed by atoms with Crippen molar-refractivity contribution in [3.8, 4) is 5.75 Å². The molecule has 0 aliphatic carbocycles. The molecule has 1 aliphatic heterocycles. The SMILES string of the molecule is COC1CCN(S(=O)(=O)c2ccc(OCc3ccccc3)cc2)C(C(=O)N(C)O)C1. The van der Waals surface area contributed by atoms with E-state index in [0.29, 0.717) is 23.8 Å². The van der Waals surface area contributed by atoms with Crippen molar-refractivity contribution in [2.75, 3.05) is 20.7 Å². The largest absolute Gasteiger partial charge is 0.489 e. The van der Waals surface area contributed by atoms with E-state index in [-0.39, 0.29) is 24.0 Å².